The van der Waals surface area contributed by atoms with Crippen LogP contribution in [0, 0.1) is 6.92 Å². The van der Waals surface area contributed by atoms with Crippen LogP contribution in [0.1, 0.15) is 38.8 Å². The summed E-state index contributed by atoms with van der Waals surface area (Å²) in [5.41, 5.74) is 2.21. The summed E-state index contributed by atoms with van der Waals surface area (Å²) in [6.45, 7) is 10.8. The average Bonchev–Trinajstić information content (AvgIpc) is 2.47. The number of benzene rings is 1. The van der Waals surface area contributed by atoms with Crippen LogP contribution in [0.25, 0.3) is 0 Å². The largest absolute Gasteiger partial charge is 0.496 e. The van der Waals surface area contributed by atoms with E-state index in [2.05, 4.69) is 19.2 Å². The molecule has 0 aliphatic rings. The molecule has 2 N–H and O–H groups in total. The van der Waals surface area contributed by atoms with E-state index < -0.39 is 0 Å². The van der Waals surface area contributed by atoms with Crippen LogP contribution in [0.5, 0.6) is 11.5 Å². The van der Waals surface area contributed by atoms with Gasteiger partial charge in [-0.05, 0) is 24.6 Å². The minimum Gasteiger partial charge on any atom is -0.496 e. The Balaban J connectivity index is 0. The Morgan fingerprint density at radius 1 is 1.19 bits per heavy atom. The summed E-state index contributed by atoms with van der Waals surface area (Å²) in [4.78, 5) is 8.36. The first-order valence-electron chi connectivity index (χ1n) is 7.02. The number of carbonyl (C=O) groups is 1. The second kappa shape index (κ2) is 13.2. The van der Waals surface area contributed by atoms with Crippen molar-refractivity contribution in [2.45, 2.75) is 47.2 Å². The van der Waals surface area contributed by atoms with Gasteiger partial charge in [0.05, 0.1) is 14.2 Å². The third-order valence-corrected chi connectivity index (χ3v) is 2.44. The summed E-state index contributed by atoms with van der Waals surface area (Å²) >= 11 is 0. The number of hydrogen-bond donors (Lipinski definition) is 2. The number of carboxylic acid groups (broad SMARTS) is 1. The molecule has 1 aromatic rings. The number of nitrogens with one attached hydrogen (secondary N) is 1. The summed E-state index contributed by atoms with van der Waals surface area (Å²) in [6.07, 6.45) is 0. The molecule has 5 nitrogen and oxygen atoms in total. The van der Waals surface area contributed by atoms with E-state index in [1.807, 2.05) is 32.9 Å². The molecule has 0 aromatic heterocycles. The highest BCUT2D eigenvalue weighted by Gasteiger charge is 2.11. The van der Waals surface area contributed by atoms with Gasteiger partial charge in [0, 0.05) is 18.2 Å². The molecular formula is C16H29NO4. The average molecular weight is 299 g/mol. The van der Waals surface area contributed by atoms with Gasteiger partial charge in [-0.15, -0.1) is 0 Å². The van der Waals surface area contributed by atoms with Crippen LogP contribution < -0.4 is 14.8 Å². The zero-order valence-electron chi connectivity index (χ0n) is 14.2. The minimum atomic E-state index is -0.250. The summed E-state index contributed by atoms with van der Waals surface area (Å²) in [7, 11) is 3.38. The molecule has 0 fully saturated rings. The molecule has 0 unspecified atom stereocenters. The third kappa shape index (κ3) is 8.92. The Labute approximate surface area is 128 Å². The zero-order valence-corrected chi connectivity index (χ0v) is 14.2. The van der Waals surface area contributed by atoms with Crippen LogP contribution >= 0.6 is 0 Å². The predicted octanol–water partition coefficient (Wildman–Crippen LogP) is 3.24. The number of hydrogen-bond acceptors (Lipinski definition) is 4. The van der Waals surface area contributed by atoms with Crippen LogP contribution in [-0.4, -0.2) is 31.8 Å². The lowest BCUT2D eigenvalue weighted by Gasteiger charge is -2.16. The van der Waals surface area contributed by atoms with E-state index in [9.17, 15) is 0 Å². The standard InChI is InChI=1S/C13H21NO2.C2H6.CH2O2/c1-9(2)14-8-11-12(15-4)6-10(3)7-13(11)16-5;1-2;2-1-3/h6-7,9,14H,8H2,1-5H3;1-2H3;1H,(H,2,3). The van der Waals surface area contributed by atoms with Crippen molar-refractivity contribution in [1.82, 2.24) is 5.32 Å². The first-order valence-corrected chi connectivity index (χ1v) is 7.02. The monoisotopic (exact) mass is 299 g/mol. The molecule has 0 aliphatic heterocycles. The van der Waals surface area contributed by atoms with Crippen molar-refractivity contribution < 1.29 is 19.4 Å². The molecule has 122 valence electrons. The summed E-state index contributed by atoms with van der Waals surface area (Å²) in [5.74, 6) is 1.76. The Hall–Kier alpha value is -1.75. The lowest BCUT2D eigenvalue weighted by molar-refractivity contribution is -0.122. The predicted molar refractivity (Wildman–Crippen MR) is 86.3 cm³/mol. The van der Waals surface area contributed by atoms with Gasteiger partial charge in [0.15, 0.2) is 0 Å². The molecule has 21 heavy (non-hydrogen) atoms. The second-order valence-corrected chi connectivity index (χ2v) is 4.29. The summed E-state index contributed by atoms with van der Waals surface area (Å²) in [6, 6.07) is 4.50. The minimum absolute atomic E-state index is 0.250. The molecule has 0 bridgehead atoms. The van der Waals surface area contributed by atoms with E-state index in [4.69, 9.17) is 19.4 Å². The summed E-state index contributed by atoms with van der Waals surface area (Å²) in [5, 5.41) is 10.3. The second-order valence-electron chi connectivity index (χ2n) is 4.29. The number of methoxy groups -OCH3 is 2. The smallest absolute Gasteiger partial charge is 0.290 e. The molecular weight excluding hydrogens is 270 g/mol. The van der Waals surface area contributed by atoms with Crippen molar-refractivity contribution >= 4 is 6.47 Å². The van der Waals surface area contributed by atoms with Crippen molar-refractivity contribution in [3.05, 3.63) is 23.3 Å². The van der Waals surface area contributed by atoms with Crippen molar-refractivity contribution in [1.29, 1.82) is 0 Å². The van der Waals surface area contributed by atoms with Crippen molar-refractivity contribution in [3.63, 3.8) is 0 Å². The van der Waals surface area contributed by atoms with Gasteiger partial charge in [0.1, 0.15) is 11.5 Å². The highest BCUT2D eigenvalue weighted by molar-refractivity contribution is 5.47. The van der Waals surface area contributed by atoms with E-state index in [0.29, 0.717) is 6.04 Å². The van der Waals surface area contributed by atoms with Gasteiger partial charge < -0.3 is 19.9 Å². The quantitative estimate of drug-likeness (QED) is 0.817. The lowest BCUT2D eigenvalue weighted by Crippen LogP contribution is -2.22. The molecule has 0 saturated heterocycles. The Bertz CT molecular complexity index is 367. The maximum atomic E-state index is 8.36. The van der Waals surface area contributed by atoms with Gasteiger partial charge in [-0.1, -0.05) is 27.7 Å². The highest BCUT2D eigenvalue weighted by atomic mass is 16.5. The molecule has 0 atom stereocenters. The lowest BCUT2D eigenvalue weighted by atomic mass is 10.1. The first-order chi connectivity index (χ1) is 9.99. The fourth-order valence-corrected chi connectivity index (χ4v) is 1.60. The molecule has 0 saturated carbocycles. The third-order valence-electron chi connectivity index (χ3n) is 2.44. The van der Waals surface area contributed by atoms with Crippen molar-refractivity contribution in [2.24, 2.45) is 0 Å². The fourth-order valence-electron chi connectivity index (χ4n) is 1.60. The van der Waals surface area contributed by atoms with Crippen LogP contribution in [0.15, 0.2) is 12.1 Å². The van der Waals surface area contributed by atoms with E-state index in [0.717, 1.165) is 29.2 Å². The molecule has 0 amide bonds. The van der Waals surface area contributed by atoms with Gasteiger partial charge >= 0.3 is 0 Å². The first kappa shape index (κ1) is 21.5. The van der Waals surface area contributed by atoms with Gasteiger partial charge in [0.2, 0.25) is 0 Å². The Kier molecular flexibility index (Phi) is 13.6. The zero-order chi connectivity index (χ0) is 16.8. The van der Waals surface area contributed by atoms with Gasteiger partial charge in [-0.25, -0.2) is 0 Å². The molecule has 0 spiro atoms. The van der Waals surface area contributed by atoms with Crippen LogP contribution in [0.2, 0.25) is 0 Å². The SMILES string of the molecule is CC.COc1cc(C)cc(OC)c1CNC(C)C.O=CO. The highest BCUT2D eigenvalue weighted by Crippen LogP contribution is 2.30. The Morgan fingerprint density at radius 3 is 1.86 bits per heavy atom. The number of ether oxygens (including phenoxy) is 2. The van der Waals surface area contributed by atoms with Gasteiger partial charge in [-0.3, -0.25) is 4.79 Å². The topological polar surface area (TPSA) is 67.8 Å². The maximum absolute atomic E-state index is 8.36. The van der Waals surface area contributed by atoms with Gasteiger partial charge in [0.25, 0.3) is 6.47 Å². The molecule has 0 aliphatic carbocycles. The van der Waals surface area contributed by atoms with Gasteiger partial charge in [-0.2, -0.15) is 0 Å². The van der Waals surface area contributed by atoms with E-state index in [1.54, 1.807) is 14.2 Å². The maximum Gasteiger partial charge on any atom is 0.290 e. The molecule has 1 aromatic carbocycles. The van der Waals surface area contributed by atoms with E-state index in [1.165, 1.54) is 0 Å². The molecule has 1 rings (SSSR count). The molecule has 0 heterocycles. The molecule has 5 heteroatoms. The van der Waals surface area contributed by atoms with Crippen LogP contribution in [0.3, 0.4) is 0 Å². The normalized spacial score (nSPS) is 8.95. The number of rotatable bonds is 5. The van der Waals surface area contributed by atoms with Crippen molar-refractivity contribution in [2.75, 3.05) is 14.2 Å². The fraction of sp³-hybridized carbons (Fsp3) is 0.562. The number of aryl methyl sites for hydroxylation is 1. The van der Waals surface area contributed by atoms with Crippen LogP contribution in [0.4, 0.5) is 0 Å². The van der Waals surface area contributed by atoms with E-state index in [-0.39, 0.29) is 6.47 Å². The van der Waals surface area contributed by atoms with Crippen LogP contribution in [-0.2, 0) is 11.3 Å². The Morgan fingerprint density at radius 2 is 1.57 bits per heavy atom. The summed E-state index contributed by atoms with van der Waals surface area (Å²) < 4.78 is 10.8. The van der Waals surface area contributed by atoms with Crippen molar-refractivity contribution in [3.8, 4) is 11.5 Å². The molecule has 0 radical (unpaired) electrons. The van der Waals surface area contributed by atoms with E-state index >= 15 is 0 Å².